The number of hydrogen-bond donors (Lipinski definition) is 1. The number of nitrogens with zero attached hydrogens (tertiary/aromatic N) is 5. The average molecular weight is 495 g/mol. The van der Waals surface area contributed by atoms with Crippen LogP contribution in [-0.2, 0) is 14.3 Å². The van der Waals surface area contributed by atoms with Gasteiger partial charge in [0.1, 0.15) is 5.60 Å². The van der Waals surface area contributed by atoms with Gasteiger partial charge in [0.2, 0.25) is 5.95 Å². The molecular weight excluding hydrogens is 460 g/mol. The second-order valence-corrected chi connectivity index (χ2v) is 10.2. The number of carbonyl (C=O) groups is 1. The first kappa shape index (κ1) is 24.3. The van der Waals surface area contributed by atoms with Crippen molar-refractivity contribution in [1.82, 2.24) is 19.7 Å². The third-order valence-corrected chi connectivity index (χ3v) is 6.39. The Morgan fingerprint density at radius 3 is 2.44 bits per heavy atom. The summed E-state index contributed by atoms with van der Waals surface area (Å²) in [5.74, 6) is 0.853. The third kappa shape index (κ3) is 5.88. The lowest BCUT2D eigenvalue weighted by Crippen LogP contribution is -2.37. The lowest BCUT2D eigenvalue weighted by atomic mass is 9.95. The Morgan fingerprint density at radius 2 is 1.75 bits per heavy atom. The first-order chi connectivity index (χ1) is 17.3. The molecule has 1 aromatic carbocycles. The van der Waals surface area contributed by atoms with Gasteiger partial charge in [-0.3, -0.25) is 0 Å². The van der Waals surface area contributed by atoms with Gasteiger partial charge >= 0.3 is 6.16 Å². The second kappa shape index (κ2) is 10.3. The molecular formula is C26H34N6O4. The summed E-state index contributed by atoms with van der Waals surface area (Å²) in [5, 5.41) is 9.79. The van der Waals surface area contributed by atoms with E-state index in [1.807, 2.05) is 37.5 Å². The summed E-state index contributed by atoms with van der Waals surface area (Å²) in [6.45, 7) is 10.1. The maximum Gasteiger partial charge on any atom is 0.528 e. The molecule has 4 heterocycles. The highest BCUT2D eigenvalue weighted by atomic mass is 16.8. The van der Waals surface area contributed by atoms with E-state index in [9.17, 15) is 4.79 Å². The van der Waals surface area contributed by atoms with Crippen molar-refractivity contribution in [2.24, 2.45) is 0 Å². The van der Waals surface area contributed by atoms with E-state index in [2.05, 4.69) is 45.5 Å². The van der Waals surface area contributed by atoms with Gasteiger partial charge in [0.05, 0.1) is 24.9 Å². The Labute approximate surface area is 211 Å². The zero-order valence-electron chi connectivity index (χ0n) is 21.1. The summed E-state index contributed by atoms with van der Waals surface area (Å²) in [5.41, 5.74) is 3.64. The molecule has 3 aromatic rings. The van der Waals surface area contributed by atoms with Crippen molar-refractivity contribution in [3.05, 3.63) is 48.3 Å². The van der Waals surface area contributed by atoms with Crippen LogP contribution < -0.4 is 10.2 Å². The first-order valence-corrected chi connectivity index (χ1v) is 12.5. The normalized spacial score (nSPS) is 17.8. The van der Waals surface area contributed by atoms with Crippen molar-refractivity contribution < 1.29 is 19.1 Å². The van der Waals surface area contributed by atoms with E-state index < -0.39 is 11.8 Å². The number of hydroxylamine groups is 2. The van der Waals surface area contributed by atoms with Gasteiger partial charge < -0.3 is 24.5 Å². The summed E-state index contributed by atoms with van der Waals surface area (Å²) in [7, 11) is 0. The quantitative estimate of drug-likeness (QED) is 0.519. The lowest BCUT2D eigenvalue weighted by Gasteiger charge is -2.30. The molecule has 10 heteroatoms. The number of benzene rings is 1. The van der Waals surface area contributed by atoms with E-state index in [4.69, 9.17) is 19.4 Å². The number of anilines is 3. The van der Waals surface area contributed by atoms with Crippen LogP contribution >= 0.6 is 0 Å². The average Bonchev–Trinajstić information content (AvgIpc) is 3.28. The zero-order valence-corrected chi connectivity index (χ0v) is 21.1. The van der Waals surface area contributed by atoms with Gasteiger partial charge in [0.15, 0.2) is 0 Å². The van der Waals surface area contributed by atoms with Crippen LogP contribution in [0.2, 0.25) is 0 Å². The second-order valence-electron chi connectivity index (χ2n) is 10.2. The zero-order chi connectivity index (χ0) is 25.1. The number of rotatable bonds is 5. The number of carbonyl (C=O) groups excluding carboxylic acids is 1. The maximum absolute atomic E-state index is 12.0. The van der Waals surface area contributed by atoms with Gasteiger partial charge in [-0.05, 0) is 70.0 Å². The predicted molar refractivity (Wildman–Crippen MR) is 137 cm³/mol. The minimum Gasteiger partial charge on any atom is -0.427 e. The molecule has 10 nitrogen and oxygen atoms in total. The number of piperidine rings is 1. The van der Waals surface area contributed by atoms with Crippen molar-refractivity contribution in [3.63, 3.8) is 0 Å². The molecule has 0 radical (unpaired) electrons. The highest BCUT2D eigenvalue weighted by Gasteiger charge is 2.27. The number of fused-ring (bicyclic) bond motifs is 1. The van der Waals surface area contributed by atoms with Crippen molar-refractivity contribution in [2.75, 3.05) is 49.6 Å². The van der Waals surface area contributed by atoms with Crippen LogP contribution in [0.3, 0.4) is 0 Å². The summed E-state index contributed by atoms with van der Waals surface area (Å²) < 4.78 is 12.7. The SMILES string of the molecule is CC(C)(C)OC(=O)ON1CCC(c2ccc3cnc(Nc4ccc(N5CCOCC5)cc4)nn23)CC1. The van der Waals surface area contributed by atoms with E-state index in [0.717, 1.165) is 56.0 Å². The number of nitrogens with one attached hydrogen (secondary N) is 1. The van der Waals surface area contributed by atoms with E-state index >= 15 is 0 Å². The standard InChI is InChI=1S/C26H34N6O4/c1-26(2,3)35-25(33)36-31-12-10-19(11-13-31)23-9-8-22-18-27-24(29-32(22)23)28-20-4-6-21(7-5-20)30-14-16-34-17-15-30/h4-9,18-19H,10-17H2,1-3H3,(H,28,29). The molecule has 2 aliphatic rings. The molecule has 0 saturated carbocycles. The van der Waals surface area contributed by atoms with Crippen LogP contribution in [0.15, 0.2) is 42.6 Å². The molecule has 192 valence electrons. The molecule has 2 fully saturated rings. The molecule has 0 bridgehead atoms. The summed E-state index contributed by atoms with van der Waals surface area (Å²) in [6.07, 6.45) is 2.88. The molecule has 0 aliphatic carbocycles. The topological polar surface area (TPSA) is 93.5 Å². The first-order valence-electron chi connectivity index (χ1n) is 12.5. The number of ether oxygens (including phenoxy) is 2. The molecule has 0 unspecified atom stereocenters. The minimum absolute atomic E-state index is 0.307. The van der Waals surface area contributed by atoms with E-state index in [1.165, 1.54) is 5.69 Å². The van der Waals surface area contributed by atoms with Gasteiger partial charge in [0, 0.05) is 49.2 Å². The number of morpholine rings is 1. The summed E-state index contributed by atoms with van der Waals surface area (Å²) in [6, 6.07) is 12.5. The van der Waals surface area contributed by atoms with E-state index in [-0.39, 0.29) is 0 Å². The number of hydrogen-bond acceptors (Lipinski definition) is 9. The summed E-state index contributed by atoms with van der Waals surface area (Å²) in [4.78, 5) is 24.2. The highest BCUT2D eigenvalue weighted by Crippen LogP contribution is 2.30. The molecule has 1 N–H and O–H groups in total. The molecule has 0 amide bonds. The molecule has 0 spiro atoms. The molecule has 2 saturated heterocycles. The molecule has 5 rings (SSSR count). The van der Waals surface area contributed by atoms with Gasteiger partial charge in [-0.15, -0.1) is 10.2 Å². The van der Waals surface area contributed by atoms with Crippen LogP contribution in [0.1, 0.15) is 45.2 Å². The smallest absolute Gasteiger partial charge is 0.427 e. The Hall–Kier alpha value is -3.37. The molecule has 0 atom stereocenters. The molecule has 2 aromatic heterocycles. The van der Waals surface area contributed by atoms with Crippen molar-refractivity contribution >= 4 is 29.0 Å². The van der Waals surface area contributed by atoms with Gasteiger partial charge in [-0.2, -0.15) is 0 Å². The van der Waals surface area contributed by atoms with Crippen molar-refractivity contribution in [3.8, 4) is 0 Å². The fourth-order valence-electron chi connectivity index (χ4n) is 4.61. The Morgan fingerprint density at radius 1 is 1.03 bits per heavy atom. The molecule has 36 heavy (non-hydrogen) atoms. The lowest BCUT2D eigenvalue weighted by molar-refractivity contribution is -0.152. The maximum atomic E-state index is 12.0. The van der Waals surface area contributed by atoms with E-state index in [0.29, 0.717) is 25.0 Å². The predicted octanol–water partition coefficient (Wildman–Crippen LogP) is 4.36. The van der Waals surface area contributed by atoms with Gasteiger partial charge in [0.25, 0.3) is 0 Å². The monoisotopic (exact) mass is 494 g/mol. The van der Waals surface area contributed by atoms with Crippen LogP contribution in [0, 0.1) is 0 Å². The Kier molecular flexibility index (Phi) is 6.97. The van der Waals surface area contributed by atoms with E-state index in [1.54, 1.807) is 5.06 Å². The fourth-order valence-corrected chi connectivity index (χ4v) is 4.61. The number of aromatic nitrogens is 3. The minimum atomic E-state index is -0.657. The Bertz CT molecular complexity index is 1180. The van der Waals surface area contributed by atoms with Crippen molar-refractivity contribution in [2.45, 2.75) is 45.1 Å². The van der Waals surface area contributed by atoms with Crippen LogP contribution in [0.25, 0.3) is 5.52 Å². The third-order valence-electron chi connectivity index (χ3n) is 6.39. The van der Waals surface area contributed by atoms with Gasteiger partial charge in [-0.25, -0.2) is 14.3 Å². The largest absolute Gasteiger partial charge is 0.528 e. The van der Waals surface area contributed by atoms with Crippen LogP contribution in [-0.4, -0.2) is 70.8 Å². The highest BCUT2D eigenvalue weighted by molar-refractivity contribution is 5.60. The van der Waals surface area contributed by atoms with Crippen LogP contribution in [0.5, 0.6) is 0 Å². The van der Waals surface area contributed by atoms with Gasteiger partial charge in [-0.1, -0.05) is 0 Å². The Balaban J connectivity index is 1.22. The molecule has 2 aliphatic heterocycles. The fraction of sp³-hybridized carbons (Fsp3) is 0.500. The summed E-state index contributed by atoms with van der Waals surface area (Å²) >= 11 is 0. The van der Waals surface area contributed by atoms with Crippen LogP contribution in [0.4, 0.5) is 22.1 Å². The van der Waals surface area contributed by atoms with Crippen molar-refractivity contribution in [1.29, 1.82) is 0 Å².